The fraction of sp³-hybridized carbons (Fsp3) is 0.533. The third kappa shape index (κ3) is 4.70. The van der Waals surface area contributed by atoms with Gasteiger partial charge in [0, 0.05) is 11.4 Å². The predicted molar refractivity (Wildman–Crippen MR) is 81.3 cm³/mol. The van der Waals surface area contributed by atoms with E-state index in [1.54, 1.807) is 0 Å². The Labute approximate surface area is 119 Å². The van der Waals surface area contributed by atoms with Gasteiger partial charge in [-0.1, -0.05) is 38.5 Å². The van der Waals surface area contributed by atoms with E-state index in [2.05, 4.69) is 37.9 Å². The minimum absolute atomic E-state index is 0.0172. The quantitative estimate of drug-likeness (QED) is 0.813. The third-order valence-corrected chi connectivity index (χ3v) is 4.14. The van der Waals surface area contributed by atoms with E-state index in [1.165, 1.54) is 11.3 Å². The van der Waals surface area contributed by atoms with Crippen molar-refractivity contribution in [2.75, 3.05) is 6.54 Å². The molecule has 1 rings (SSSR count). The maximum Gasteiger partial charge on any atom is 0.252 e. The maximum absolute atomic E-state index is 12.1. The minimum Gasteiger partial charge on any atom is -0.349 e. The highest BCUT2D eigenvalue weighted by molar-refractivity contribution is 7.10. The number of carbonyl (C=O) groups excluding carboxylic acids is 1. The van der Waals surface area contributed by atoms with Crippen molar-refractivity contribution in [1.29, 1.82) is 0 Å². The van der Waals surface area contributed by atoms with Crippen LogP contribution in [0.25, 0.3) is 0 Å². The summed E-state index contributed by atoms with van der Waals surface area (Å²) in [7, 11) is 0. The van der Waals surface area contributed by atoms with Crippen molar-refractivity contribution in [2.24, 2.45) is 11.7 Å². The van der Waals surface area contributed by atoms with E-state index in [9.17, 15) is 4.79 Å². The highest BCUT2D eigenvalue weighted by atomic mass is 32.1. The number of rotatable bonds is 5. The number of thiophene rings is 1. The molecule has 1 unspecified atom stereocenters. The lowest BCUT2D eigenvalue weighted by molar-refractivity contribution is 0.0925. The first-order chi connectivity index (χ1) is 9.12. The fourth-order valence-electron chi connectivity index (χ4n) is 2.06. The fourth-order valence-corrected chi connectivity index (χ4v) is 2.82. The number of amides is 1. The topological polar surface area (TPSA) is 55.1 Å². The van der Waals surface area contributed by atoms with Crippen LogP contribution in [0.1, 0.15) is 48.8 Å². The summed E-state index contributed by atoms with van der Waals surface area (Å²) in [5.74, 6) is 6.24. The molecule has 0 saturated carbocycles. The molecule has 0 spiro atoms. The molecular weight excluding hydrogens is 256 g/mol. The van der Waals surface area contributed by atoms with Gasteiger partial charge in [-0.2, -0.15) is 0 Å². The standard InChI is InChI=1S/C15H22N2OS/c1-4-12(5-2)11(3)17-15(18)13-9-14(19-10-13)7-6-8-16/h9-12H,4-5,8,16H2,1-3H3,(H,17,18). The highest BCUT2D eigenvalue weighted by Crippen LogP contribution is 2.16. The second-order valence-corrected chi connectivity index (χ2v) is 5.46. The lowest BCUT2D eigenvalue weighted by Gasteiger charge is -2.22. The molecule has 0 aromatic carbocycles. The molecule has 19 heavy (non-hydrogen) atoms. The van der Waals surface area contributed by atoms with Crippen molar-refractivity contribution in [1.82, 2.24) is 5.32 Å². The zero-order chi connectivity index (χ0) is 14.3. The van der Waals surface area contributed by atoms with Gasteiger partial charge < -0.3 is 11.1 Å². The normalized spacial score (nSPS) is 11.8. The van der Waals surface area contributed by atoms with Gasteiger partial charge >= 0.3 is 0 Å². The summed E-state index contributed by atoms with van der Waals surface area (Å²) < 4.78 is 0. The van der Waals surface area contributed by atoms with E-state index in [1.807, 2.05) is 11.4 Å². The molecule has 0 aliphatic carbocycles. The Balaban J connectivity index is 2.65. The zero-order valence-electron chi connectivity index (χ0n) is 11.8. The highest BCUT2D eigenvalue weighted by Gasteiger charge is 2.17. The van der Waals surface area contributed by atoms with Crippen molar-refractivity contribution >= 4 is 17.2 Å². The Bertz CT molecular complexity index is 466. The van der Waals surface area contributed by atoms with Crippen LogP contribution in [0.5, 0.6) is 0 Å². The number of nitrogens with one attached hydrogen (secondary N) is 1. The molecule has 104 valence electrons. The number of hydrogen-bond acceptors (Lipinski definition) is 3. The van der Waals surface area contributed by atoms with E-state index in [0.29, 0.717) is 18.0 Å². The van der Waals surface area contributed by atoms with Gasteiger partial charge in [-0.3, -0.25) is 4.79 Å². The smallest absolute Gasteiger partial charge is 0.252 e. The Hall–Kier alpha value is -1.31. The van der Waals surface area contributed by atoms with Gasteiger partial charge in [0.1, 0.15) is 0 Å². The Morgan fingerprint density at radius 2 is 2.16 bits per heavy atom. The van der Waals surface area contributed by atoms with E-state index < -0.39 is 0 Å². The lowest BCUT2D eigenvalue weighted by atomic mass is 9.95. The van der Waals surface area contributed by atoms with Gasteiger partial charge in [0.2, 0.25) is 0 Å². The average molecular weight is 278 g/mol. The van der Waals surface area contributed by atoms with E-state index in [4.69, 9.17) is 5.73 Å². The SMILES string of the molecule is CCC(CC)C(C)NC(=O)c1csc(C#CCN)c1. The monoisotopic (exact) mass is 278 g/mol. The molecular formula is C15H22N2OS. The predicted octanol–water partition coefficient (Wildman–Crippen LogP) is 2.61. The number of hydrogen-bond donors (Lipinski definition) is 2. The molecule has 0 radical (unpaired) electrons. The summed E-state index contributed by atoms with van der Waals surface area (Å²) in [6, 6.07) is 2.02. The number of carbonyl (C=O) groups is 1. The molecule has 0 aliphatic rings. The van der Waals surface area contributed by atoms with Crippen molar-refractivity contribution in [2.45, 2.75) is 39.7 Å². The molecule has 1 aromatic heterocycles. The van der Waals surface area contributed by atoms with E-state index in [-0.39, 0.29) is 11.9 Å². The first-order valence-corrected chi connectivity index (χ1v) is 7.58. The van der Waals surface area contributed by atoms with Crippen molar-refractivity contribution in [3.8, 4) is 11.8 Å². The zero-order valence-corrected chi connectivity index (χ0v) is 12.6. The van der Waals surface area contributed by atoms with Gasteiger partial charge in [0.25, 0.3) is 5.91 Å². The van der Waals surface area contributed by atoms with Crippen molar-refractivity contribution < 1.29 is 4.79 Å². The average Bonchev–Trinajstić information content (AvgIpc) is 2.86. The molecule has 4 heteroatoms. The van der Waals surface area contributed by atoms with E-state index in [0.717, 1.165) is 17.7 Å². The summed E-state index contributed by atoms with van der Waals surface area (Å²) in [6.45, 7) is 6.71. The molecule has 1 heterocycles. The Morgan fingerprint density at radius 1 is 1.47 bits per heavy atom. The number of nitrogens with two attached hydrogens (primary N) is 1. The van der Waals surface area contributed by atoms with Gasteiger partial charge in [0.05, 0.1) is 17.0 Å². The van der Waals surface area contributed by atoms with Crippen LogP contribution in [0.4, 0.5) is 0 Å². The summed E-state index contributed by atoms with van der Waals surface area (Å²) in [5.41, 5.74) is 6.01. The first kappa shape index (κ1) is 15.7. The molecule has 0 fully saturated rings. The summed E-state index contributed by atoms with van der Waals surface area (Å²) >= 11 is 1.47. The third-order valence-electron chi connectivity index (χ3n) is 3.29. The molecule has 1 aromatic rings. The minimum atomic E-state index is -0.0172. The first-order valence-electron chi connectivity index (χ1n) is 6.70. The van der Waals surface area contributed by atoms with Gasteiger partial charge in [-0.25, -0.2) is 0 Å². The molecule has 1 atom stereocenters. The van der Waals surface area contributed by atoms with E-state index >= 15 is 0 Å². The van der Waals surface area contributed by atoms with Crippen molar-refractivity contribution in [3.63, 3.8) is 0 Å². The second-order valence-electron chi connectivity index (χ2n) is 4.54. The van der Waals surface area contributed by atoms with Gasteiger partial charge in [0.15, 0.2) is 0 Å². The maximum atomic E-state index is 12.1. The molecule has 0 aliphatic heterocycles. The summed E-state index contributed by atoms with van der Waals surface area (Å²) in [5, 5.41) is 4.91. The van der Waals surface area contributed by atoms with Crippen LogP contribution in [0.15, 0.2) is 11.4 Å². The van der Waals surface area contributed by atoms with Crippen LogP contribution >= 0.6 is 11.3 Å². The Morgan fingerprint density at radius 3 is 2.74 bits per heavy atom. The Kier molecular flexibility index (Phi) is 6.61. The summed E-state index contributed by atoms with van der Waals surface area (Å²) in [4.78, 5) is 13.0. The van der Waals surface area contributed by atoms with Gasteiger partial charge in [-0.05, 0) is 18.9 Å². The largest absolute Gasteiger partial charge is 0.349 e. The van der Waals surface area contributed by atoms with Crippen LogP contribution < -0.4 is 11.1 Å². The molecule has 1 amide bonds. The molecule has 0 saturated heterocycles. The second kappa shape index (κ2) is 7.98. The van der Waals surface area contributed by atoms with Crippen molar-refractivity contribution in [3.05, 3.63) is 21.9 Å². The van der Waals surface area contributed by atoms with Crippen LogP contribution in [-0.4, -0.2) is 18.5 Å². The molecule has 0 bridgehead atoms. The molecule has 3 N–H and O–H groups in total. The molecule has 3 nitrogen and oxygen atoms in total. The van der Waals surface area contributed by atoms with Crippen LogP contribution in [0.2, 0.25) is 0 Å². The lowest BCUT2D eigenvalue weighted by Crippen LogP contribution is -2.37. The summed E-state index contributed by atoms with van der Waals surface area (Å²) in [6.07, 6.45) is 2.16. The van der Waals surface area contributed by atoms with Crippen LogP contribution in [0.3, 0.4) is 0 Å². The van der Waals surface area contributed by atoms with Crippen LogP contribution in [-0.2, 0) is 0 Å². The van der Waals surface area contributed by atoms with Crippen LogP contribution in [0, 0.1) is 17.8 Å². The van der Waals surface area contributed by atoms with Gasteiger partial charge in [-0.15, -0.1) is 11.3 Å².